The van der Waals surface area contributed by atoms with Crippen molar-refractivity contribution >= 4 is 23.3 Å². The summed E-state index contributed by atoms with van der Waals surface area (Å²) in [5, 5.41) is 3.29. The van der Waals surface area contributed by atoms with E-state index in [1.807, 2.05) is 24.8 Å². The lowest BCUT2D eigenvalue weighted by Gasteiger charge is -2.08. The van der Waals surface area contributed by atoms with Crippen LogP contribution in [0.2, 0.25) is 0 Å². The first kappa shape index (κ1) is 11.2. The minimum atomic E-state index is 0.720. The van der Waals surface area contributed by atoms with Crippen molar-refractivity contribution in [3.05, 3.63) is 17.8 Å². The zero-order valence-electron chi connectivity index (χ0n) is 8.71. The first-order chi connectivity index (χ1) is 6.74. The summed E-state index contributed by atoms with van der Waals surface area (Å²) in [6, 6.07) is 1.93. The fraction of sp³-hybridized carbons (Fsp3) is 0.500. The van der Waals surface area contributed by atoms with Crippen molar-refractivity contribution in [2.75, 3.05) is 29.6 Å². The lowest BCUT2D eigenvalue weighted by molar-refractivity contribution is 0.978. The van der Waals surface area contributed by atoms with Gasteiger partial charge in [0, 0.05) is 6.54 Å². The van der Waals surface area contributed by atoms with Crippen LogP contribution in [0.25, 0.3) is 0 Å². The quantitative estimate of drug-likeness (QED) is 0.733. The molecular weight excluding hydrogens is 194 g/mol. The predicted molar refractivity (Wildman–Crippen MR) is 64.9 cm³/mol. The lowest BCUT2D eigenvalue weighted by Crippen LogP contribution is -2.06. The molecular formula is C10H17N3S. The third kappa shape index (κ3) is 3.46. The standard InChI is InChI=1S/C10H17N3S/c1-8-6-9(11)7-13-10(8)12-4-3-5-14-2/h6-7H,3-5,11H2,1-2H3,(H,12,13). The monoisotopic (exact) mass is 211 g/mol. The second-order valence-corrected chi connectivity index (χ2v) is 4.19. The molecule has 0 fully saturated rings. The first-order valence-electron chi connectivity index (χ1n) is 4.69. The molecule has 0 spiro atoms. The highest BCUT2D eigenvalue weighted by Crippen LogP contribution is 2.13. The van der Waals surface area contributed by atoms with Crippen molar-refractivity contribution < 1.29 is 0 Å². The van der Waals surface area contributed by atoms with Crippen molar-refractivity contribution in [2.24, 2.45) is 0 Å². The fourth-order valence-corrected chi connectivity index (χ4v) is 1.64. The number of nitrogens with zero attached hydrogens (tertiary/aromatic N) is 1. The van der Waals surface area contributed by atoms with Gasteiger partial charge >= 0.3 is 0 Å². The van der Waals surface area contributed by atoms with Crippen LogP contribution in [-0.2, 0) is 0 Å². The minimum Gasteiger partial charge on any atom is -0.397 e. The number of pyridine rings is 1. The molecule has 1 aromatic heterocycles. The van der Waals surface area contributed by atoms with Gasteiger partial charge < -0.3 is 11.1 Å². The molecule has 1 heterocycles. The van der Waals surface area contributed by atoms with E-state index in [4.69, 9.17) is 5.73 Å². The van der Waals surface area contributed by atoms with Crippen LogP contribution in [-0.4, -0.2) is 23.5 Å². The van der Waals surface area contributed by atoms with Gasteiger partial charge in [0.05, 0.1) is 11.9 Å². The zero-order valence-corrected chi connectivity index (χ0v) is 9.53. The molecule has 0 saturated heterocycles. The molecule has 4 heteroatoms. The maximum atomic E-state index is 5.61. The molecule has 0 aliphatic rings. The molecule has 1 rings (SSSR count). The van der Waals surface area contributed by atoms with E-state index in [9.17, 15) is 0 Å². The molecule has 0 unspecified atom stereocenters. The average molecular weight is 211 g/mol. The van der Waals surface area contributed by atoms with E-state index < -0.39 is 0 Å². The molecule has 0 amide bonds. The Morgan fingerprint density at radius 3 is 3.00 bits per heavy atom. The summed E-state index contributed by atoms with van der Waals surface area (Å²) < 4.78 is 0. The molecule has 0 bridgehead atoms. The molecule has 1 aromatic rings. The number of nitrogens with one attached hydrogen (secondary N) is 1. The molecule has 0 aromatic carbocycles. The number of anilines is 2. The summed E-state index contributed by atoms with van der Waals surface area (Å²) in [4.78, 5) is 4.23. The van der Waals surface area contributed by atoms with Crippen LogP contribution in [0.5, 0.6) is 0 Å². The van der Waals surface area contributed by atoms with E-state index in [0.29, 0.717) is 0 Å². The molecule has 0 atom stereocenters. The second-order valence-electron chi connectivity index (χ2n) is 3.21. The van der Waals surface area contributed by atoms with Crippen LogP contribution in [0.4, 0.5) is 11.5 Å². The molecule has 78 valence electrons. The maximum Gasteiger partial charge on any atom is 0.128 e. The number of aromatic nitrogens is 1. The topological polar surface area (TPSA) is 50.9 Å². The molecule has 0 aliphatic carbocycles. The Kier molecular flexibility index (Phi) is 4.59. The largest absolute Gasteiger partial charge is 0.397 e. The number of rotatable bonds is 5. The Hall–Kier alpha value is -0.900. The van der Waals surface area contributed by atoms with Crippen molar-refractivity contribution in [2.45, 2.75) is 13.3 Å². The maximum absolute atomic E-state index is 5.61. The van der Waals surface area contributed by atoms with Crippen LogP contribution >= 0.6 is 11.8 Å². The van der Waals surface area contributed by atoms with E-state index in [0.717, 1.165) is 30.0 Å². The number of hydrogen-bond donors (Lipinski definition) is 2. The normalized spacial score (nSPS) is 10.1. The molecule has 0 aliphatic heterocycles. The zero-order chi connectivity index (χ0) is 10.4. The average Bonchev–Trinajstić information content (AvgIpc) is 2.15. The van der Waals surface area contributed by atoms with Crippen molar-refractivity contribution in [1.29, 1.82) is 0 Å². The fourth-order valence-electron chi connectivity index (χ4n) is 1.20. The summed E-state index contributed by atoms with van der Waals surface area (Å²) in [5.41, 5.74) is 7.44. The van der Waals surface area contributed by atoms with Crippen molar-refractivity contribution in [3.63, 3.8) is 0 Å². The number of thioether (sulfide) groups is 1. The van der Waals surface area contributed by atoms with E-state index in [2.05, 4.69) is 16.6 Å². The summed E-state index contributed by atoms with van der Waals surface area (Å²) in [6.07, 6.45) is 4.96. The number of aryl methyl sites for hydroxylation is 1. The Bertz CT molecular complexity index is 289. The molecule has 14 heavy (non-hydrogen) atoms. The van der Waals surface area contributed by atoms with E-state index in [1.54, 1.807) is 6.20 Å². The van der Waals surface area contributed by atoms with Gasteiger partial charge in [0.25, 0.3) is 0 Å². The lowest BCUT2D eigenvalue weighted by atomic mass is 10.2. The van der Waals surface area contributed by atoms with Gasteiger partial charge in [-0.05, 0) is 37.0 Å². The Morgan fingerprint density at radius 2 is 2.36 bits per heavy atom. The highest BCUT2D eigenvalue weighted by Gasteiger charge is 1.98. The summed E-state index contributed by atoms with van der Waals surface area (Å²) in [5.74, 6) is 2.13. The third-order valence-electron chi connectivity index (χ3n) is 1.92. The number of nitrogen functional groups attached to an aromatic ring is 1. The van der Waals surface area contributed by atoms with E-state index >= 15 is 0 Å². The van der Waals surface area contributed by atoms with Crippen LogP contribution in [0.3, 0.4) is 0 Å². The highest BCUT2D eigenvalue weighted by atomic mass is 32.2. The predicted octanol–water partition coefficient (Wildman–Crippen LogP) is 2.14. The van der Waals surface area contributed by atoms with E-state index in [-0.39, 0.29) is 0 Å². The Labute approximate surface area is 89.5 Å². The van der Waals surface area contributed by atoms with Crippen molar-refractivity contribution in [1.82, 2.24) is 4.98 Å². The van der Waals surface area contributed by atoms with Gasteiger partial charge in [0.1, 0.15) is 5.82 Å². The minimum absolute atomic E-state index is 0.720. The van der Waals surface area contributed by atoms with Gasteiger partial charge in [-0.1, -0.05) is 0 Å². The van der Waals surface area contributed by atoms with Gasteiger partial charge in [-0.15, -0.1) is 0 Å². The number of nitrogens with two attached hydrogens (primary N) is 1. The third-order valence-corrected chi connectivity index (χ3v) is 2.61. The van der Waals surface area contributed by atoms with Crippen LogP contribution in [0.15, 0.2) is 12.3 Å². The van der Waals surface area contributed by atoms with E-state index in [1.165, 1.54) is 5.75 Å². The van der Waals surface area contributed by atoms with Crippen LogP contribution < -0.4 is 11.1 Å². The van der Waals surface area contributed by atoms with Crippen LogP contribution in [0.1, 0.15) is 12.0 Å². The highest BCUT2D eigenvalue weighted by molar-refractivity contribution is 7.98. The molecule has 3 N–H and O–H groups in total. The van der Waals surface area contributed by atoms with Gasteiger partial charge in [-0.3, -0.25) is 0 Å². The SMILES string of the molecule is CSCCCNc1ncc(N)cc1C. The molecule has 0 radical (unpaired) electrons. The van der Waals surface area contributed by atoms with Gasteiger partial charge in [0.15, 0.2) is 0 Å². The molecule has 0 saturated carbocycles. The first-order valence-corrected chi connectivity index (χ1v) is 6.08. The second kappa shape index (κ2) is 5.75. The van der Waals surface area contributed by atoms with Crippen LogP contribution in [0, 0.1) is 6.92 Å². The molecule has 3 nitrogen and oxygen atoms in total. The van der Waals surface area contributed by atoms with Gasteiger partial charge in [-0.25, -0.2) is 4.98 Å². The van der Waals surface area contributed by atoms with Crippen molar-refractivity contribution in [3.8, 4) is 0 Å². The summed E-state index contributed by atoms with van der Waals surface area (Å²) >= 11 is 1.86. The van der Waals surface area contributed by atoms with Gasteiger partial charge in [0.2, 0.25) is 0 Å². The van der Waals surface area contributed by atoms with Gasteiger partial charge in [-0.2, -0.15) is 11.8 Å². The number of hydrogen-bond acceptors (Lipinski definition) is 4. The summed E-state index contributed by atoms with van der Waals surface area (Å²) in [7, 11) is 0. The Morgan fingerprint density at radius 1 is 1.57 bits per heavy atom. The summed E-state index contributed by atoms with van der Waals surface area (Å²) in [6.45, 7) is 2.98. The Balaban J connectivity index is 2.42. The smallest absolute Gasteiger partial charge is 0.128 e.